The van der Waals surface area contributed by atoms with Crippen molar-refractivity contribution >= 4 is 0 Å². The van der Waals surface area contributed by atoms with Crippen LogP contribution in [0.1, 0.15) is 105 Å². The highest BCUT2D eigenvalue weighted by Crippen LogP contribution is 2.67. The molecule has 1 heteroatoms. The van der Waals surface area contributed by atoms with Gasteiger partial charge in [0.1, 0.15) is 6.17 Å². The van der Waals surface area contributed by atoms with E-state index in [9.17, 15) is 4.39 Å². The lowest BCUT2D eigenvalue weighted by atomic mass is 9.47. The highest BCUT2D eigenvalue weighted by atomic mass is 18.2. The molecule has 4 aliphatic rings. The normalized spacial score (nSPS) is 46.5. The highest BCUT2D eigenvalue weighted by Gasteiger charge is 2.59. The van der Waals surface area contributed by atoms with Crippen molar-refractivity contribution < 1.29 is 4.39 Å². The van der Waals surface area contributed by atoms with Crippen LogP contribution in [-0.2, 0) is 0 Å². The smallest absolute Gasteiger partial charge is 0.104 e. The third kappa shape index (κ3) is 3.41. The van der Waals surface area contributed by atoms with Gasteiger partial charge in [-0.3, -0.25) is 0 Å². The summed E-state index contributed by atoms with van der Waals surface area (Å²) in [4.78, 5) is 0. The molecule has 0 aromatic carbocycles. The fraction of sp³-hybridized carbons (Fsp3) is 0.926. The van der Waals surface area contributed by atoms with E-state index in [1.165, 1.54) is 56.9 Å². The Bertz CT molecular complexity index is 591. The summed E-state index contributed by atoms with van der Waals surface area (Å²) >= 11 is 0. The van der Waals surface area contributed by atoms with Crippen molar-refractivity contribution in [1.82, 2.24) is 0 Å². The average molecular weight is 388 g/mol. The van der Waals surface area contributed by atoms with E-state index in [2.05, 4.69) is 40.7 Å². The maximum absolute atomic E-state index is 14.1. The van der Waals surface area contributed by atoms with Crippen molar-refractivity contribution in [2.45, 2.75) is 111 Å². The number of hydrogen-bond donors (Lipinski definition) is 0. The van der Waals surface area contributed by atoms with E-state index in [-0.39, 0.29) is 0 Å². The number of alkyl halides is 1. The Kier molecular flexibility index (Phi) is 5.78. The molecule has 4 rings (SSSR count). The number of rotatable bonds is 5. The molecule has 4 aliphatic carbocycles. The summed E-state index contributed by atoms with van der Waals surface area (Å²) in [7, 11) is 0. The van der Waals surface area contributed by atoms with Gasteiger partial charge in [-0.1, -0.05) is 65.5 Å². The van der Waals surface area contributed by atoms with Gasteiger partial charge in [0.2, 0.25) is 0 Å². The maximum atomic E-state index is 14.1. The molecule has 28 heavy (non-hydrogen) atoms. The molecule has 0 N–H and O–H groups in total. The molecule has 3 fully saturated rings. The van der Waals surface area contributed by atoms with Crippen molar-refractivity contribution in [3.8, 4) is 0 Å². The first-order chi connectivity index (χ1) is 13.3. The van der Waals surface area contributed by atoms with Crippen molar-refractivity contribution in [2.24, 2.45) is 46.3 Å². The second-order valence-corrected chi connectivity index (χ2v) is 12.1. The number of fused-ring (bicyclic) bond motifs is 5. The summed E-state index contributed by atoms with van der Waals surface area (Å²) in [6.45, 7) is 12.5. The molecule has 0 aromatic heterocycles. The number of hydrogen-bond acceptors (Lipinski definition) is 0. The van der Waals surface area contributed by atoms with Crippen LogP contribution in [0.25, 0.3) is 0 Å². The quantitative estimate of drug-likeness (QED) is 0.416. The molecule has 0 radical (unpaired) electrons. The Hall–Kier alpha value is -0.330. The summed E-state index contributed by atoms with van der Waals surface area (Å²) < 4.78 is 14.1. The first kappa shape index (κ1) is 20.9. The van der Waals surface area contributed by atoms with Crippen LogP contribution in [0, 0.1) is 46.3 Å². The molecule has 0 spiro atoms. The molecule has 0 nitrogen and oxygen atoms in total. The van der Waals surface area contributed by atoms with Crippen molar-refractivity contribution in [2.75, 3.05) is 0 Å². The Morgan fingerprint density at radius 3 is 2.54 bits per heavy atom. The minimum absolute atomic E-state index is 0.313. The standard InChI is InChI=1S/C27H45F/c1-18(2)7-6-8-19(3)23-11-12-24-22-10-9-20-17-21(28)13-15-26(20,4)25(22)14-16-27(23,24)5/h9,18-19,21-25H,6-8,10-17H2,1-5H3/t19-,21-,22+,23-,24+,25+,26+,27-/m1/s1/i28-1. The van der Waals surface area contributed by atoms with Gasteiger partial charge in [0.15, 0.2) is 0 Å². The van der Waals surface area contributed by atoms with Crippen molar-refractivity contribution in [3.63, 3.8) is 0 Å². The van der Waals surface area contributed by atoms with Gasteiger partial charge in [0.05, 0.1) is 0 Å². The zero-order valence-electron chi connectivity index (χ0n) is 19.3. The molecule has 0 aliphatic heterocycles. The molecule has 160 valence electrons. The lowest BCUT2D eigenvalue weighted by Crippen LogP contribution is -2.50. The first-order valence-electron chi connectivity index (χ1n) is 12.6. The van der Waals surface area contributed by atoms with Crippen LogP contribution in [0.4, 0.5) is 4.39 Å². The van der Waals surface area contributed by atoms with E-state index >= 15 is 0 Å². The Morgan fingerprint density at radius 2 is 1.79 bits per heavy atom. The Morgan fingerprint density at radius 1 is 1.00 bits per heavy atom. The summed E-state index contributed by atoms with van der Waals surface area (Å²) in [5, 5.41) is 0. The van der Waals surface area contributed by atoms with Crippen LogP contribution in [0.3, 0.4) is 0 Å². The van der Waals surface area contributed by atoms with Crippen LogP contribution in [0.5, 0.6) is 0 Å². The zero-order chi connectivity index (χ0) is 20.1. The second-order valence-electron chi connectivity index (χ2n) is 12.1. The predicted octanol–water partition coefficient (Wildman–Crippen LogP) is 8.37. The van der Waals surface area contributed by atoms with Crippen LogP contribution >= 0.6 is 0 Å². The van der Waals surface area contributed by atoms with Crippen molar-refractivity contribution in [1.29, 1.82) is 0 Å². The van der Waals surface area contributed by atoms with Gasteiger partial charge in [-0.05, 0) is 91.3 Å². The van der Waals surface area contributed by atoms with Gasteiger partial charge >= 0.3 is 0 Å². The summed E-state index contributed by atoms with van der Waals surface area (Å²) in [6, 6.07) is 0. The number of halogens is 1. The van der Waals surface area contributed by atoms with E-state index in [1.54, 1.807) is 0 Å². The van der Waals surface area contributed by atoms with E-state index in [1.807, 2.05) is 0 Å². The number of allylic oxidation sites excluding steroid dienone is 2. The molecule has 8 atom stereocenters. The monoisotopic (exact) mass is 387 g/mol. The van der Waals surface area contributed by atoms with Gasteiger partial charge < -0.3 is 0 Å². The van der Waals surface area contributed by atoms with Gasteiger partial charge in [-0.2, -0.15) is 0 Å². The maximum Gasteiger partial charge on any atom is 0.104 e. The minimum Gasteiger partial charge on any atom is -0.247 e. The van der Waals surface area contributed by atoms with Crippen LogP contribution in [-0.4, -0.2) is 6.17 Å². The van der Waals surface area contributed by atoms with Gasteiger partial charge in [0, 0.05) is 6.42 Å². The van der Waals surface area contributed by atoms with E-state index in [0.717, 1.165) is 54.8 Å². The lowest BCUT2D eigenvalue weighted by Gasteiger charge is -2.58. The molecule has 0 saturated heterocycles. The highest BCUT2D eigenvalue weighted by molar-refractivity contribution is 5.25. The molecule has 0 aromatic rings. The molecular weight excluding hydrogens is 342 g/mol. The van der Waals surface area contributed by atoms with Crippen LogP contribution in [0.2, 0.25) is 0 Å². The zero-order valence-corrected chi connectivity index (χ0v) is 19.3. The van der Waals surface area contributed by atoms with Gasteiger partial charge in [0.25, 0.3) is 0 Å². The molecule has 0 unspecified atom stereocenters. The Labute approximate surface area is 174 Å². The fourth-order valence-electron chi connectivity index (χ4n) is 8.64. The summed E-state index contributed by atoms with van der Waals surface area (Å²) in [5.41, 5.74) is 2.37. The van der Waals surface area contributed by atoms with E-state index < -0.39 is 6.17 Å². The average Bonchev–Trinajstić information content (AvgIpc) is 2.99. The largest absolute Gasteiger partial charge is 0.247 e. The topological polar surface area (TPSA) is 0 Å². The minimum atomic E-state index is -0.577. The van der Waals surface area contributed by atoms with Crippen LogP contribution in [0.15, 0.2) is 11.6 Å². The molecule has 3 saturated carbocycles. The molecule has 0 heterocycles. The Balaban J connectivity index is 1.49. The first-order valence-corrected chi connectivity index (χ1v) is 12.6. The third-order valence-electron chi connectivity index (χ3n) is 10.2. The van der Waals surface area contributed by atoms with Crippen molar-refractivity contribution in [3.05, 3.63) is 11.6 Å². The second kappa shape index (κ2) is 7.73. The fourth-order valence-corrected chi connectivity index (χ4v) is 8.64. The SMILES string of the molecule is CC(C)CCC[C@@H](C)[C@H]1CC[C@H]2[C@@H]3CC=C4C[C@H]([18F])CC[C@]4(C)[C@H]3CC[C@]12C. The predicted molar refractivity (Wildman–Crippen MR) is 118 cm³/mol. The lowest BCUT2D eigenvalue weighted by molar-refractivity contribution is -0.0537. The third-order valence-corrected chi connectivity index (χ3v) is 10.2. The van der Waals surface area contributed by atoms with E-state index in [4.69, 9.17) is 0 Å². The summed E-state index contributed by atoms with van der Waals surface area (Å²) in [6.07, 6.45) is 15.8. The van der Waals surface area contributed by atoms with Gasteiger partial charge in [-0.15, -0.1) is 0 Å². The molecule has 0 amide bonds. The van der Waals surface area contributed by atoms with Gasteiger partial charge in [-0.25, -0.2) is 4.39 Å². The summed E-state index contributed by atoms with van der Waals surface area (Å²) in [5.74, 6) is 5.28. The van der Waals surface area contributed by atoms with Crippen LogP contribution < -0.4 is 0 Å². The molecule has 0 bridgehead atoms. The molecular formula is C27H45F. The van der Waals surface area contributed by atoms with E-state index in [0.29, 0.717) is 10.8 Å².